The van der Waals surface area contributed by atoms with Crippen LogP contribution in [-0.2, 0) is 13.5 Å². The van der Waals surface area contributed by atoms with Crippen LogP contribution in [0.1, 0.15) is 16.2 Å². The fourth-order valence-electron chi connectivity index (χ4n) is 1.35. The number of hydrogen-bond acceptors (Lipinski definition) is 3. The largest absolute Gasteiger partial charge is 0.292 e. The summed E-state index contributed by atoms with van der Waals surface area (Å²) in [7, 11) is 1.78. The number of ketones is 1. The van der Waals surface area contributed by atoms with Gasteiger partial charge in [-0.25, -0.2) is 4.39 Å². The highest BCUT2D eigenvalue weighted by Crippen LogP contribution is 2.04. The minimum Gasteiger partial charge on any atom is -0.292 e. The zero-order valence-electron chi connectivity index (χ0n) is 8.72. The van der Waals surface area contributed by atoms with Crippen LogP contribution in [0.25, 0.3) is 0 Å². The molecular weight excluding hydrogens is 209 g/mol. The van der Waals surface area contributed by atoms with Crippen LogP contribution < -0.4 is 0 Å². The van der Waals surface area contributed by atoms with Crippen LogP contribution in [0.4, 0.5) is 4.39 Å². The number of Topliss-reactive ketones (excluding diaryl/α,β-unsaturated/α-hetero) is 1. The maximum absolute atomic E-state index is 12.6. The zero-order valence-corrected chi connectivity index (χ0v) is 8.72. The molecule has 0 radical (unpaired) electrons. The standard InChI is InChI=1S/C11H10FN3O/c1-15-5-4-9(14-15)6-11(16)10-3-2-8(12)7-13-10/h2-5,7H,6H2,1H3. The Labute approximate surface area is 91.7 Å². The lowest BCUT2D eigenvalue weighted by molar-refractivity contribution is 0.0987. The summed E-state index contributed by atoms with van der Waals surface area (Å²) in [6.45, 7) is 0. The highest BCUT2D eigenvalue weighted by atomic mass is 19.1. The topological polar surface area (TPSA) is 47.8 Å². The van der Waals surface area contributed by atoms with Gasteiger partial charge in [-0.3, -0.25) is 14.5 Å². The molecule has 82 valence electrons. The third-order valence-electron chi connectivity index (χ3n) is 2.12. The number of rotatable bonds is 3. The molecule has 2 rings (SSSR count). The predicted molar refractivity (Wildman–Crippen MR) is 55.4 cm³/mol. The first-order valence-corrected chi connectivity index (χ1v) is 4.78. The summed E-state index contributed by atoms with van der Waals surface area (Å²) >= 11 is 0. The third kappa shape index (κ3) is 2.31. The second kappa shape index (κ2) is 4.22. The average Bonchev–Trinajstić information content (AvgIpc) is 2.65. The maximum Gasteiger partial charge on any atom is 0.187 e. The fourth-order valence-corrected chi connectivity index (χ4v) is 1.35. The molecule has 0 aliphatic carbocycles. The van der Waals surface area contributed by atoms with E-state index in [4.69, 9.17) is 0 Å². The Balaban J connectivity index is 2.11. The molecule has 0 amide bonds. The fraction of sp³-hybridized carbons (Fsp3) is 0.182. The lowest BCUT2D eigenvalue weighted by Crippen LogP contribution is -2.06. The molecule has 0 aliphatic heterocycles. The summed E-state index contributed by atoms with van der Waals surface area (Å²) in [5.74, 6) is -0.618. The van der Waals surface area contributed by atoms with Crippen molar-refractivity contribution in [3.05, 3.63) is 47.8 Å². The summed E-state index contributed by atoms with van der Waals surface area (Å²) in [5.41, 5.74) is 0.936. The molecule has 0 atom stereocenters. The Morgan fingerprint density at radius 1 is 1.44 bits per heavy atom. The van der Waals surface area contributed by atoms with Crippen LogP contribution in [0, 0.1) is 5.82 Å². The van der Waals surface area contributed by atoms with Crippen LogP contribution in [-0.4, -0.2) is 20.5 Å². The van der Waals surface area contributed by atoms with Crippen LogP contribution in [0.2, 0.25) is 0 Å². The molecule has 5 heteroatoms. The molecule has 4 nitrogen and oxygen atoms in total. The molecule has 0 unspecified atom stereocenters. The first kappa shape index (κ1) is 10.5. The number of halogens is 1. The molecule has 0 N–H and O–H groups in total. The monoisotopic (exact) mass is 219 g/mol. The van der Waals surface area contributed by atoms with Gasteiger partial charge in [0.15, 0.2) is 5.78 Å². The van der Waals surface area contributed by atoms with Crippen LogP contribution in [0.3, 0.4) is 0 Å². The Hall–Kier alpha value is -2.04. The Bertz CT molecular complexity index is 504. The summed E-state index contributed by atoms with van der Waals surface area (Å²) in [4.78, 5) is 15.4. The normalized spacial score (nSPS) is 10.4. The van der Waals surface area contributed by atoms with Gasteiger partial charge >= 0.3 is 0 Å². The molecule has 2 heterocycles. The van der Waals surface area contributed by atoms with Crippen LogP contribution >= 0.6 is 0 Å². The van der Waals surface area contributed by atoms with Crippen molar-refractivity contribution in [3.63, 3.8) is 0 Å². The number of hydrogen-bond donors (Lipinski definition) is 0. The second-order valence-electron chi connectivity index (χ2n) is 3.44. The van der Waals surface area contributed by atoms with Gasteiger partial charge in [0.1, 0.15) is 11.5 Å². The van der Waals surface area contributed by atoms with Gasteiger partial charge in [-0.1, -0.05) is 0 Å². The van der Waals surface area contributed by atoms with Crippen LogP contribution in [0.15, 0.2) is 30.6 Å². The highest BCUT2D eigenvalue weighted by Gasteiger charge is 2.10. The molecule has 2 aromatic rings. The van der Waals surface area contributed by atoms with Gasteiger partial charge in [-0.15, -0.1) is 0 Å². The molecular formula is C11H10FN3O. The first-order chi connectivity index (χ1) is 7.65. The number of aromatic nitrogens is 3. The summed E-state index contributed by atoms with van der Waals surface area (Å²) in [5, 5.41) is 4.09. The van der Waals surface area contributed by atoms with Gasteiger partial charge < -0.3 is 0 Å². The SMILES string of the molecule is Cn1ccc(CC(=O)c2ccc(F)cn2)n1. The number of carbonyl (C=O) groups is 1. The average molecular weight is 219 g/mol. The Morgan fingerprint density at radius 2 is 2.25 bits per heavy atom. The minimum absolute atomic E-state index is 0.168. The summed E-state index contributed by atoms with van der Waals surface area (Å²) in [6, 6.07) is 4.36. The van der Waals surface area contributed by atoms with Crippen molar-refractivity contribution >= 4 is 5.78 Å². The molecule has 0 spiro atoms. The molecule has 0 aliphatic rings. The molecule has 16 heavy (non-hydrogen) atoms. The smallest absolute Gasteiger partial charge is 0.187 e. The van der Waals surface area contributed by atoms with E-state index in [1.807, 2.05) is 0 Å². The molecule has 2 aromatic heterocycles. The van der Waals surface area contributed by atoms with Crippen LogP contribution in [0.5, 0.6) is 0 Å². The summed E-state index contributed by atoms with van der Waals surface area (Å²) in [6.07, 6.45) is 2.98. The van der Waals surface area contributed by atoms with Crippen molar-refractivity contribution in [2.24, 2.45) is 7.05 Å². The lowest BCUT2D eigenvalue weighted by atomic mass is 10.1. The number of aryl methyl sites for hydroxylation is 1. The van der Waals surface area contributed by atoms with E-state index < -0.39 is 5.82 Å². The predicted octanol–water partition coefficient (Wildman–Crippen LogP) is 1.38. The van der Waals surface area contributed by atoms with Gasteiger partial charge in [-0.05, 0) is 18.2 Å². The van der Waals surface area contributed by atoms with Crippen molar-refractivity contribution < 1.29 is 9.18 Å². The van der Waals surface area contributed by atoms with Crippen molar-refractivity contribution in [1.29, 1.82) is 0 Å². The van der Waals surface area contributed by atoms with Crippen molar-refractivity contribution in [1.82, 2.24) is 14.8 Å². The van der Waals surface area contributed by atoms with E-state index in [0.29, 0.717) is 5.69 Å². The molecule has 0 bridgehead atoms. The van der Waals surface area contributed by atoms with Gasteiger partial charge in [0, 0.05) is 13.2 Å². The summed E-state index contributed by atoms with van der Waals surface area (Å²) < 4.78 is 14.2. The van der Waals surface area contributed by atoms with Gasteiger partial charge in [-0.2, -0.15) is 5.10 Å². The number of pyridine rings is 1. The first-order valence-electron chi connectivity index (χ1n) is 4.78. The van der Waals surface area contributed by atoms with E-state index in [9.17, 15) is 9.18 Å². The molecule has 0 fully saturated rings. The van der Waals surface area contributed by atoms with E-state index >= 15 is 0 Å². The van der Waals surface area contributed by atoms with Gasteiger partial charge in [0.2, 0.25) is 0 Å². The van der Waals surface area contributed by atoms with E-state index in [0.717, 1.165) is 6.20 Å². The van der Waals surface area contributed by atoms with Crippen molar-refractivity contribution in [2.75, 3.05) is 0 Å². The van der Waals surface area contributed by atoms with Gasteiger partial charge in [0.05, 0.1) is 18.3 Å². The van der Waals surface area contributed by atoms with Crippen molar-refractivity contribution in [2.45, 2.75) is 6.42 Å². The second-order valence-corrected chi connectivity index (χ2v) is 3.44. The highest BCUT2D eigenvalue weighted by molar-refractivity contribution is 5.95. The number of carbonyl (C=O) groups excluding carboxylic acids is 1. The third-order valence-corrected chi connectivity index (χ3v) is 2.12. The van der Waals surface area contributed by atoms with E-state index in [-0.39, 0.29) is 17.9 Å². The van der Waals surface area contributed by atoms with Gasteiger partial charge in [0.25, 0.3) is 0 Å². The lowest BCUT2D eigenvalue weighted by Gasteiger charge is -1.97. The quantitative estimate of drug-likeness (QED) is 0.733. The zero-order chi connectivity index (χ0) is 11.5. The molecule has 0 saturated carbocycles. The van der Waals surface area contributed by atoms with E-state index in [1.165, 1.54) is 12.1 Å². The number of nitrogens with zero attached hydrogens (tertiary/aromatic N) is 3. The Kier molecular flexibility index (Phi) is 2.76. The Morgan fingerprint density at radius 3 is 2.81 bits per heavy atom. The molecule has 0 saturated heterocycles. The van der Waals surface area contributed by atoms with E-state index in [1.54, 1.807) is 24.0 Å². The van der Waals surface area contributed by atoms with Crippen molar-refractivity contribution in [3.8, 4) is 0 Å². The van der Waals surface area contributed by atoms with E-state index in [2.05, 4.69) is 10.1 Å². The maximum atomic E-state index is 12.6. The minimum atomic E-state index is -0.450. The molecule has 0 aromatic carbocycles.